The van der Waals surface area contributed by atoms with Crippen LogP contribution in [-0.2, 0) is 11.3 Å². The number of carbonyl (C=O) groups is 2. The number of amides is 1. The fourth-order valence-electron chi connectivity index (χ4n) is 3.16. The van der Waals surface area contributed by atoms with Crippen molar-refractivity contribution in [2.75, 3.05) is 12.4 Å². The average molecular weight is 429 g/mol. The third kappa shape index (κ3) is 5.06. The number of rotatable bonds is 7. The highest BCUT2D eigenvalue weighted by atomic mass is 19.3. The summed E-state index contributed by atoms with van der Waals surface area (Å²) >= 11 is 0. The lowest BCUT2D eigenvalue weighted by atomic mass is 10.1. The summed E-state index contributed by atoms with van der Waals surface area (Å²) < 4.78 is 35.7. The third-order valence-electron chi connectivity index (χ3n) is 4.68. The third-order valence-corrected chi connectivity index (χ3v) is 4.68. The molecule has 0 aliphatic rings. The second-order valence-electron chi connectivity index (χ2n) is 6.71. The number of nitrogens with one attached hydrogen (secondary N) is 1. The van der Waals surface area contributed by atoms with Gasteiger partial charge < -0.3 is 14.8 Å². The Morgan fingerprint density at radius 2 is 1.87 bits per heavy atom. The van der Waals surface area contributed by atoms with E-state index in [0.29, 0.717) is 29.2 Å². The number of nitrogens with zero attached hydrogens (tertiary/aromatic N) is 2. The van der Waals surface area contributed by atoms with Gasteiger partial charge in [-0.2, -0.15) is 13.9 Å². The minimum atomic E-state index is -2.98. The number of ether oxygens (including phenoxy) is 2. The monoisotopic (exact) mass is 429 g/mol. The normalized spacial score (nSPS) is 10.8. The largest absolute Gasteiger partial charge is 0.465 e. The van der Waals surface area contributed by atoms with Crippen LogP contribution in [0.4, 0.5) is 14.5 Å². The van der Waals surface area contributed by atoms with Crippen LogP contribution in [0.5, 0.6) is 5.75 Å². The molecule has 7 nitrogen and oxygen atoms in total. The number of esters is 1. The molecule has 31 heavy (non-hydrogen) atoms. The molecule has 1 N–H and O–H groups in total. The molecule has 0 atom stereocenters. The lowest BCUT2D eigenvalue weighted by Gasteiger charge is -2.10. The summed E-state index contributed by atoms with van der Waals surface area (Å²) in [5.74, 6) is -1.04. The Hall–Kier alpha value is -3.75. The number of aromatic nitrogens is 2. The molecule has 0 radical (unpaired) electrons. The Kier molecular flexibility index (Phi) is 6.64. The number of hydrogen-bond acceptors (Lipinski definition) is 5. The lowest BCUT2D eigenvalue weighted by molar-refractivity contribution is -0.0498. The summed E-state index contributed by atoms with van der Waals surface area (Å²) in [6.45, 7) is 0.841. The van der Waals surface area contributed by atoms with Crippen molar-refractivity contribution in [1.82, 2.24) is 9.78 Å². The van der Waals surface area contributed by atoms with Crippen molar-refractivity contribution in [3.05, 3.63) is 76.6 Å². The number of halogens is 2. The van der Waals surface area contributed by atoms with Crippen molar-refractivity contribution in [1.29, 1.82) is 0 Å². The van der Waals surface area contributed by atoms with E-state index in [0.717, 1.165) is 5.56 Å². The minimum absolute atomic E-state index is 0.105. The van der Waals surface area contributed by atoms with E-state index in [9.17, 15) is 18.4 Å². The number of methoxy groups -OCH3 is 1. The van der Waals surface area contributed by atoms with Crippen LogP contribution in [0.2, 0.25) is 0 Å². The Morgan fingerprint density at radius 1 is 1.13 bits per heavy atom. The lowest BCUT2D eigenvalue weighted by Crippen LogP contribution is -2.14. The molecule has 0 fully saturated rings. The van der Waals surface area contributed by atoms with Crippen LogP contribution in [0.1, 0.15) is 37.7 Å². The summed E-state index contributed by atoms with van der Waals surface area (Å²) in [6, 6.07) is 12.6. The van der Waals surface area contributed by atoms with Crippen molar-refractivity contribution < 1.29 is 27.8 Å². The zero-order valence-corrected chi connectivity index (χ0v) is 17.2. The van der Waals surface area contributed by atoms with Gasteiger partial charge >= 0.3 is 12.6 Å². The molecule has 0 aliphatic heterocycles. The molecule has 1 heterocycles. The zero-order valence-electron chi connectivity index (χ0n) is 17.2. The van der Waals surface area contributed by atoms with E-state index in [-0.39, 0.29) is 11.3 Å². The van der Waals surface area contributed by atoms with Crippen molar-refractivity contribution in [2.24, 2.45) is 0 Å². The van der Waals surface area contributed by atoms with Crippen LogP contribution in [-0.4, -0.2) is 35.4 Å². The van der Waals surface area contributed by atoms with E-state index in [1.54, 1.807) is 36.7 Å². The SMILES string of the molecule is COC(=O)c1ccccc1Cn1nc(C)c(NC(=O)c2cccc(OC(F)F)c2)c1C. The first-order valence-corrected chi connectivity index (χ1v) is 9.36. The van der Waals surface area contributed by atoms with Crippen LogP contribution in [0, 0.1) is 13.8 Å². The Morgan fingerprint density at radius 3 is 2.58 bits per heavy atom. The van der Waals surface area contributed by atoms with Crippen molar-refractivity contribution in [3.63, 3.8) is 0 Å². The highest BCUT2D eigenvalue weighted by Crippen LogP contribution is 2.23. The molecule has 1 aromatic heterocycles. The van der Waals surface area contributed by atoms with Gasteiger partial charge in [-0.05, 0) is 43.7 Å². The van der Waals surface area contributed by atoms with Gasteiger partial charge in [-0.15, -0.1) is 0 Å². The predicted molar refractivity (Wildman–Crippen MR) is 110 cm³/mol. The molecule has 0 aliphatic carbocycles. The highest BCUT2D eigenvalue weighted by molar-refractivity contribution is 6.05. The quantitative estimate of drug-likeness (QED) is 0.570. The number of hydrogen-bond donors (Lipinski definition) is 1. The van der Waals surface area contributed by atoms with E-state index in [2.05, 4.69) is 15.2 Å². The van der Waals surface area contributed by atoms with Gasteiger partial charge in [0.05, 0.1) is 36.3 Å². The Balaban J connectivity index is 1.83. The van der Waals surface area contributed by atoms with Gasteiger partial charge in [0.25, 0.3) is 5.91 Å². The second-order valence-corrected chi connectivity index (χ2v) is 6.71. The molecule has 2 aromatic carbocycles. The van der Waals surface area contributed by atoms with Crippen molar-refractivity contribution in [3.8, 4) is 5.75 Å². The van der Waals surface area contributed by atoms with Gasteiger partial charge in [-0.25, -0.2) is 4.79 Å². The molecule has 1 amide bonds. The molecule has 0 unspecified atom stereocenters. The average Bonchev–Trinajstić information content (AvgIpc) is 3.00. The topological polar surface area (TPSA) is 82.5 Å². The maximum atomic E-state index is 12.7. The molecule has 0 saturated heterocycles. The first-order valence-electron chi connectivity index (χ1n) is 9.36. The highest BCUT2D eigenvalue weighted by Gasteiger charge is 2.18. The van der Waals surface area contributed by atoms with Gasteiger partial charge in [-0.3, -0.25) is 9.48 Å². The van der Waals surface area contributed by atoms with E-state index in [1.807, 2.05) is 6.07 Å². The summed E-state index contributed by atoms with van der Waals surface area (Å²) in [6.07, 6.45) is 0. The fraction of sp³-hybridized carbons (Fsp3) is 0.227. The van der Waals surface area contributed by atoms with Gasteiger partial charge in [-0.1, -0.05) is 24.3 Å². The summed E-state index contributed by atoms with van der Waals surface area (Å²) in [5, 5.41) is 7.23. The Bertz CT molecular complexity index is 1110. The van der Waals surface area contributed by atoms with Crippen LogP contribution >= 0.6 is 0 Å². The van der Waals surface area contributed by atoms with Gasteiger partial charge in [0.1, 0.15) is 5.75 Å². The van der Waals surface area contributed by atoms with Gasteiger partial charge in [0.2, 0.25) is 0 Å². The van der Waals surface area contributed by atoms with Crippen LogP contribution < -0.4 is 10.1 Å². The smallest absolute Gasteiger partial charge is 0.387 e. The molecule has 0 bridgehead atoms. The van der Waals surface area contributed by atoms with Crippen LogP contribution in [0.25, 0.3) is 0 Å². The second kappa shape index (κ2) is 9.38. The molecular weight excluding hydrogens is 408 g/mol. The number of carbonyl (C=O) groups excluding carboxylic acids is 2. The zero-order chi connectivity index (χ0) is 22.5. The molecule has 0 saturated carbocycles. The number of anilines is 1. The Labute approximate surface area is 177 Å². The molecule has 3 aromatic rings. The first kappa shape index (κ1) is 21.9. The van der Waals surface area contributed by atoms with E-state index < -0.39 is 18.5 Å². The standard InChI is InChI=1S/C22H21F2N3O4/c1-13-19(25-20(28)15-8-6-9-17(11-15)31-22(23)24)14(2)27(26-13)12-16-7-4-5-10-18(16)21(29)30-3/h4-11,22H,12H2,1-3H3,(H,25,28). The maximum absolute atomic E-state index is 12.7. The van der Waals surface area contributed by atoms with Crippen LogP contribution in [0.15, 0.2) is 48.5 Å². The number of benzene rings is 2. The van der Waals surface area contributed by atoms with Crippen molar-refractivity contribution in [2.45, 2.75) is 27.0 Å². The van der Waals surface area contributed by atoms with E-state index in [1.165, 1.54) is 31.4 Å². The summed E-state index contributed by atoms with van der Waals surface area (Å²) in [4.78, 5) is 24.7. The maximum Gasteiger partial charge on any atom is 0.387 e. The first-order chi connectivity index (χ1) is 14.8. The molecule has 9 heteroatoms. The molecule has 0 spiro atoms. The fourth-order valence-corrected chi connectivity index (χ4v) is 3.16. The van der Waals surface area contributed by atoms with E-state index >= 15 is 0 Å². The van der Waals surface area contributed by atoms with Gasteiger partial charge in [0.15, 0.2) is 0 Å². The van der Waals surface area contributed by atoms with Gasteiger partial charge in [0, 0.05) is 5.56 Å². The molecule has 3 rings (SSSR count). The van der Waals surface area contributed by atoms with E-state index in [4.69, 9.17) is 4.74 Å². The van der Waals surface area contributed by atoms with Crippen molar-refractivity contribution >= 4 is 17.6 Å². The predicted octanol–water partition coefficient (Wildman–Crippen LogP) is 4.19. The number of alkyl halides is 2. The minimum Gasteiger partial charge on any atom is -0.465 e. The molecule has 162 valence electrons. The number of aryl methyl sites for hydroxylation is 1. The molecular formula is C22H21F2N3O4. The van der Waals surface area contributed by atoms with Crippen LogP contribution in [0.3, 0.4) is 0 Å². The summed E-state index contributed by atoms with van der Waals surface area (Å²) in [7, 11) is 1.32. The summed E-state index contributed by atoms with van der Waals surface area (Å²) in [5.41, 5.74) is 3.06.